The molecule has 1 amide bonds. The summed E-state index contributed by atoms with van der Waals surface area (Å²) in [5.74, 6) is 0.933. The fraction of sp³-hybridized carbons (Fsp3) is 0.429. The molecule has 2 aromatic rings. The number of aromatic nitrogens is 1. The van der Waals surface area contributed by atoms with Gasteiger partial charge in [0.05, 0.1) is 24.9 Å². The van der Waals surface area contributed by atoms with Crippen LogP contribution in [0.1, 0.15) is 40.9 Å². The van der Waals surface area contributed by atoms with Gasteiger partial charge in [-0.2, -0.15) is 0 Å². The molecule has 1 aromatic carbocycles. The molecule has 0 spiro atoms. The van der Waals surface area contributed by atoms with Crippen LogP contribution in [-0.4, -0.2) is 41.7 Å². The Bertz CT molecular complexity index is 757. The van der Waals surface area contributed by atoms with E-state index in [9.17, 15) is 4.79 Å². The molecule has 3 heterocycles. The average molecular weight is 352 g/mol. The van der Waals surface area contributed by atoms with Crippen LogP contribution in [0.2, 0.25) is 0 Å². The first-order chi connectivity index (χ1) is 12.8. The van der Waals surface area contributed by atoms with Crippen molar-refractivity contribution in [3.63, 3.8) is 0 Å². The zero-order valence-corrected chi connectivity index (χ0v) is 14.9. The van der Waals surface area contributed by atoms with E-state index in [0.29, 0.717) is 18.7 Å². The summed E-state index contributed by atoms with van der Waals surface area (Å²) in [7, 11) is 0. The summed E-state index contributed by atoms with van der Waals surface area (Å²) < 4.78 is 11.4. The van der Waals surface area contributed by atoms with E-state index in [4.69, 9.17) is 9.47 Å². The highest BCUT2D eigenvalue weighted by molar-refractivity contribution is 5.94. The van der Waals surface area contributed by atoms with Crippen LogP contribution in [0.15, 0.2) is 42.6 Å². The van der Waals surface area contributed by atoms with Crippen molar-refractivity contribution in [3.05, 3.63) is 59.4 Å². The Balaban J connectivity index is 1.56. The molecule has 1 saturated heterocycles. The Kier molecular flexibility index (Phi) is 5.16. The highest BCUT2D eigenvalue weighted by Crippen LogP contribution is 2.26. The molecule has 1 atom stereocenters. The Morgan fingerprint density at radius 2 is 2.15 bits per heavy atom. The summed E-state index contributed by atoms with van der Waals surface area (Å²) in [5, 5.41) is 0. The van der Waals surface area contributed by atoms with Gasteiger partial charge in [-0.05, 0) is 61.6 Å². The van der Waals surface area contributed by atoms with Crippen molar-refractivity contribution in [2.45, 2.75) is 38.3 Å². The van der Waals surface area contributed by atoms with Gasteiger partial charge in [-0.3, -0.25) is 9.78 Å². The number of ether oxygens (including phenoxy) is 2. The van der Waals surface area contributed by atoms with Gasteiger partial charge >= 0.3 is 0 Å². The Labute approximate surface area is 153 Å². The number of nitrogens with zero attached hydrogens (tertiary/aromatic N) is 2. The molecule has 1 aromatic heterocycles. The third-order valence-electron chi connectivity index (χ3n) is 4.97. The van der Waals surface area contributed by atoms with E-state index in [0.717, 1.165) is 55.9 Å². The minimum Gasteiger partial charge on any atom is -0.493 e. The maximum Gasteiger partial charge on any atom is 0.254 e. The summed E-state index contributed by atoms with van der Waals surface area (Å²) in [6.45, 7) is 2.63. The van der Waals surface area contributed by atoms with E-state index in [1.807, 2.05) is 41.3 Å². The van der Waals surface area contributed by atoms with Crippen LogP contribution in [-0.2, 0) is 17.7 Å². The van der Waals surface area contributed by atoms with E-state index in [1.54, 1.807) is 6.20 Å². The van der Waals surface area contributed by atoms with Gasteiger partial charge < -0.3 is 14.4 Å². The van der Waals surface area contributed by atoms with Gasteiger partial charge in [0.15, 0.2) is 0 Å². The first kappa shape index (κ1) is 17.0. The first-order valence-corrected chi connectivity index (χ1v) is 9.36. The normalized spacial score (nSPS) is 18.8. The standard InChI is InChI=1S/C21H24N2O3/c24-21(17-8-9-20-16(13-17)5-3-12-26-20)23(15-19-7-4-11-25-19)14-18-6-1-2-10-22-18/h1-2,6,8-10,13,19H,3-5,7,11-12,14-15H2. The topological polar surface area (TPSA) is 51.7 Å². The van der Waals surface area contributed by atoms with Gasteiger partial charge in [0.1, 0.15) is 5.75 Å². The molecule has 1 unspecified atom stereocenters. The third kappa shape index (κ3) is 3.88. The molecule has 2 aliphatic rings. The Morgan fingerprint density at radius 3 is 2.96 bits per heavy atom. The van der Waals surface area contributed by atoms with E-state index >= 15 is 0 Å². The average Bonchev–Trinajstić information content (AvgIpc) is 3.20. The maximum atomic E-state index is 13.2. The summed E-state index contributed by atoms with van der Waals surface area (Å²) in [4.78, 5) is 19.5. The lowest BCUT2D eigenvalue weighted by Gasteiger charge is -2.26. The van der Waals surface area contributed by atoms with Gasteiger partial charge in [0.25, 0.3) is 5.91 Å². The Morgan fingerprint density at radius 1 is 1.19 bits per heavy atom. The van der Waals surface area contributed by atoms with E-state index in [1.165, 1.54) is 0 Å². The number of pyridine rings is 1. The second-order valence-electron chi connectivity index (χ2n) is 6.92. The van der Waals surface area contributed by atoms with Crippen LogP contribution in [0.25, 0.3) is 0 Å². The molecule has 26 heavy (non-hydrogen) atoms. The fourth-order valence-electron chi connectivity index (χ4n) is 3.62. The number of aryl methyl sites for hydroxylation is 1. The van der Waals surface area contributed by atoms with Crippen LogP contribution in [0.4, 0.5) is 0 Å². The van der Waals surface area contributed by atoms with Crippen LogP contribution < -0.4 is 4.74 Å². The molecule has 0 radical (unpaired) electrons. The van der Waals surface area contributed by atoms with Gasteiger partial charge in [-0.25, -0.2) is 0 Å². The number of rotatable bonds is 5. The molecule has 136 valence electrons. The highest BCUT2D eigenvalue weighted by Gasteiger charge is 2.25. The predicted molar refractivity (Wildman–Crippen MR) is 98.2 cm³/mol. The second-order valence-corrected chi connectivity index (χ2v) is 6.92. The molecule has 5 heteroatoms. The first-order valence-electron chi connectivity index (χ1n) is 9.36. The van der Waals surface area contributed by atoms with Gasteiger partial charge in [0.2, 0.25) is 0 Å². The SMILES string of the molecule is O=C(c1ccc2c(c1)CCCO2)N(Cc1ccccn1)CC1CCCO1. The van der Waals surface area contributed by atoms with E-state index < -0.39 is 0 Å². The fourth-order valence-corrected chi connectivity index (χ4v) is 3.62. The number of hydrogen-bond donors (Lipinski definition) is 0. The molecule has 5 nitrogen and oxygen atoms in total. The summed E-state index contributed by atoms with van der Waals surface area (Å²) in [6, 6.07) is 11.6. The predicted octanol–water partition coefficient (Wildman–Crippen LogP) is 3.23. The molecule has 0 N–H and O–H groups in total. The molecule has 4 rings (SSSR count). The molecular weight excluding hydrogens is 328 g/mol. The molecule has 0 aliphatic carbocycles. The number of carbonyl (C=O) groups is 1. The van der Waals surface area contributed by atoms with Gasteiger partial charge in [0, 0.05) is 24.9 Å². The van der Waals surface area contributed by atoms with Crippen molar-refractivity contribution >= 4 is 5.91 Å². The summed E-state index contributed by atoms with van der Waals surface area (Å²) >= 11 is 0. The summed E-state index contributed by atoms with van der Waals surface area (Å²) in [6.07, 6.45) is 5.90. The number of fused-ring (bicyclic) bond motifs is 1. The maximum absolute atomic E-state index is 13.2. The monoisotopic (exact) mass is 352 g/mol. The van der Waals surface area contributed by atoms with Crippen LogP contribution >= 0.6 is 0 Å². The van der Waals surface area contributed by atoms with Crippen molar-refractivity contribution in [2.24, 2.45) is 0 Å². The molecule has 1 fully saturated rings. The molecule has 2 aliphatic heterocycles. The van der Waals surface area contributed by atoms with E-state index in [-0.39, 0.29) is 12.0 Å². The quantitative estimate of drug-likeness (QED) is 0.829. The van der Waals surface area contributed by atoms with Crippen molar-refractivity contribution in [3.8, 4) is 5.75 Å². The largest absolute Gasteiger partial charge is 0.493 e. The lowest BCUT2D eigenvalue weighted by atomic mass is 10.0. The number of amides is 1. The van der Waals surface area contributed by atoms with Gasteiger partial charge in [-0.15, -0.1) is 0 Å². The minimum atomic E-state index is 0.0273. The summed E-state index contributed by atoms with van der Waals surface area (Å²) in [5.41, 5.74) is 2.72. The van der Waals surface area contributed by atoms with Crippen LogP contribution in [0, 0.1) is 0 Å². The zero-order chi connectivity index (χ0) is 17.8. The second kappa shape index (κ2) is 7.87. The van der Waals surface area contributed by atoms with Gasteiger partial charge in [-0.1, -0.05) is 6.07 Å². The van der Waals surface area contributed by atoms with Crippen molar-refractivity contribution < 1.29 is 14.3 Å². The number of benzene rings is 1. The van der Waals surface area contributed by atoms with Crippen LogP contribution in [0.3, 0.4) is 0 Å². The molecule has 0 bridgehead atoms. The number of carbonyl (C=O) groups excluding carboxylic acids is 1. The molecular formula is C21H24N2O3. The van der Waals surface area contributed by atoms with Crippen molar-refractivity contribution in [1.82, 2.24) is 9.88 Å². The van der Waals surface area contributed by atoms with Crippen molar-refractivity contribution in [2.75, 3.05) is 19.8 Å². The van der Waals surface area contributed by atoms with Crippen LogP contribution in [0.5, 0.6) is 5.75 Å². The Hall–Kier alpha value is -2.40. The minimum absolute atomic E-state index is 0.0273. The van der Waals surface area contributed by atoms with Crippen molar-refractivity contribution in [1.29, 1.82) is 0 Å². The lowest BCUT2D eigenvalue weighted by molar-refractivity contribution is 0.0504. The molecule has 0 saturated carbocycles. The number of hydrogen-bond acceptors (Lipinski definition) is 4. The zero-order valence-electron chi connectivity index (χ0n) is 14.9. The third-order valence-corrected chi connectivity index (χ3v) is 4.97. The highest BCUT2D eigenvalue weighted by atomic mass is 16.5. The van der Waals surface area contributed by atoms with E-state index in [2.05, 4.69) is 4.98 Å². The lowest BCUT2D eigenvalue weighted by Crippen LogP contribution is -2.37. The smallest absolute Gasteiger partial charge is 0.254 e.